The fourth-order valence-electron chi connectivity index (χ4n) is 2.64. The Kier molecular flexibility index (Phi) is 3.79. The van der Waals surface area contributed by atoms with Crippen molar-refractivity contribution in [3.05, 3.63) is 59.7 Å². The summed E-state index contributed by atoms with van der Waals surface area (Å²) in [5.74, 6) is 1.52. The zero-order valence-corrected chi connectivity index (χ0v) is 13.5. The summed E-state index contributed by atoms with van der Waals surface area (Å²) in [6.45, 7) is 2.88. The summed E-state index contributed by atoms with van der Waals surface area (Å²) < 4.78 is 11.3. The normalized spacial score (nSPS) is 14.3. The Morgan fingerprint density at radius 1 is 1.09 bits per heavy atom. The molecule has 116 valence electrons. The number of hydrogen-bond acceptors (Lipinski definition) is 5. The van der Waals surface area contributed by atoms with Gasteiger partial charge in [0.25, 0.3) is 5.22 Å². The van der Waals surface area contributed by atoms with Gasteiger partial charge in [-0.1, -0.05) is 42.1 Å². The maximum Gasteiger partial charge on any atom is 0.277 e. The SMILES string of the molecule is CC(Sc1nnc(-c2ccc3c(c2)CCO3)o1)c1ccccc1. The average molecular weight is 324 g/mol. The molecule has 4 rings (SSSR count). The van der Waals surface area contributed by atoms with Crippen molar-refractivity contribution in [1.29, 1.82) is 0 Å². The van der Waals surface area contributed by atoms with E-state index < -0.39 is 0 Å². The Morgan fingerprint density at radius 2 is 1.96 bits per heavy atom. The van der Waals surface area contributed by atoms with E-state index in [1.165, 1.54) is 11.1 Å². The molecular formula is C18H16N2O2S. The highest BCUT2D eigenvalue weighted by molar-refractivity contribution is 7.99. The minimum Gasteiger partial charge on any atom is -0.493 e. The van der Waals surface area contributed by atoms with Gasteiger partial charge < -0.3 is 9.15 Å². The molecule has 0 aliphatic carbocycles. The maximum atomic E-state index is 5.82. The first-order valence-electron chi connectivity index (χ1n) is 7.61. The van der Waals surface area contributed by atoms with Crippen LogP contribution in [0.5, 0.6) is 5.75 Å². The third kappa shape index (κ3) is 2.97. The number of hydrogen-bond donors (Lipinski definition) is 0. The van der Waals surface area contributed by atoms with Crippen LogP contribution >= 0.6 is 11.8 Å². The van der Waals surface area contributed by atoms with E-state index in [0.29, 0.717) is 11.1 Å². The summed E-state index contributed by atoms with van der Waals surface area (Å²) in [5.41, 5.74) is 3.39. The van der Waals surface area contributed by atoms with Crippen molar-refractivity contribution in [3.8, 4) is 17.2 Å². The molecule has 0 fully saturated rings. The minimum atomic E-state index is 0.262. The van der Waals surface area contributed by atoms with Gasteiger partial charge in [0.2, 0.25) is 5.89 Å². The fourth-order valence-corrected chi connectivity index (χ4v) is 3.45. The van der Waals surface area contributed by atoms with Crippen LogP contribution in [-0.4, -0.2) is 16.8 Å². The molecule has 0 saturated heterocycles. The zero-order chi connectivity index (χ0) is 15.6. The van der Waals surface area contributed by atoms with Gasteiger partial charge in [-0.2, -0.15) is 0 Å². The van der Waals surface area contributed by atoms with Crippen LogP contribution in [0, 0.1) is 0 Å². The number of nitrogens with zero attached hydrogens (tertiary/aromatic N) is 2. The molecule has 0 bridgehead atoms. The third-order valence-corrected chi connectivity index (χ3v) is 4.88. The van der Waals surface area contributed by atoms with Crippen LogP contribution in [0.2, 0.25) is 0 Å². The van der Waals surface area contributed by atoms with Gasteiger partial charge in [-0.3, -0.25) is 0 Å². The lowest BCUT2D eigenvalue weighted by atomic mass is 10.1. The highest BCUT2D eigenvalue weighted by Crippen LogP contribution is 2.36. The lowest BCUT2D eigenvalue weighted by molar-refractivity contribution is 0.357. The van der Waals surface area contributed by atoms with E-state index in [-0.39, 0.29) is 5.25 Å². The topological polar surface area (TPSA) is 48.2 Å². The molecule has 1 atom stereocenters. The van der Waals surface area contributed by atoms with Gasteiger partial charge in [-0.25, -0.2) is 0 Å². The number of aromatic nitrogens is 2. The second-order valence-electron chi connectivity index (χ2n) is 5.46. The second-order valence-corrected chi connectivity index (χ2v) is 6.76. The molecule has 3 aromatic rings. The van der Waals surface area contributed by atoms with Gasteiger partial charge in [-0.15, -0.1) is 10.2 Å². The van der Waals surface area contributed by atoms with Crippen molar-refractivity contribution < 1.29 is 9.15 Å². The number of ether oxygens (including phenoxy) is 1. The highest BCUT2D eigenvalue weighted by Gasteiger charge is 2.17. The summed E-state index contributed by atoms with van der Waals surface area (Å²) in [7, 11) is 0. The molecule has 0 radical (unpaired) electrons. The molecule has 1 aliphatic rings. The summed E-state index contributed by atoms with van der Waals surface area (Å²) >= 11 is 1.57. The lowest BCUT2D eigenvalue weighted by Crippen LogP contribution is -1.87. The van der Waals surface area contributed by atoms with E-state index in [9.17, 15) is 0 Å². The summed E-state index contributed by atoms with van der Waals surface area (Å²) in [5, 5.41) is 9.20. The molecule has 0 saturated carbocycles. The number of rotatable bonds is 4. The van der Waals surface area contributed by atoms with Crippen LogP contribution in [0.15, 0.2) is 58.2 Å². The largest absolute Gasteiger partial charge is 0.493 e. The second kappa shape index (κ2) is 6.08. The average Bonchev–Trinajstić information content (AvgIpc) is 3.23. The predicted octanol–water partition coefficient (Wildman–Crippen LogP) is 4.52. The quantitative estimate of drug-likeness (QED) is 0.660. The first kappa shape index (κ1) is 14.3. The van der Waals surface area contributed by atoms with Crippen LogP contribution in [-0.2, 0) is 6.42 Å². The monoisotopic (exact) mass is 324 g/mol. The molecule has 23 heavy (non-hydrogen) atoms. The standard InChI is InChI=1S/C18H16N2O2S/c1-12(13-5-3-2-4-6-13)23-18-20-19-17(22-18)15-7-8-16-14(11-15)9-10-21-16/h2-8,11-12H,9-10H2,1H3. The van der Waals surface area contributed by atoms with Crippen LogP contribution in [0.4, 0.5) is 0 Å². The van der Waals surface area contributed by atoms with E-state index in [4.69, 9.17) is 9.15 Å². The number of fused-ring (bicyclic) bond motifs is 1. The summed E-state index contributed by atoms with van der Waals surface area (Å²) in [6.07, 6.45) is 0.934. The van der Waals surface area contributed by atoms with E-state index >= 15 is 0 Å². The lowest BCUT2D eigenvalue weighted by Gasteiger charge is -2.07. The molecule has 0 amide bonds. The van der Waals surface area contributed by atoms with Gasteiger partial charge in [0.05, 0.1) is 6.61 Å². The van der Waals surface area contributed by atoms with Crippen LogP contribution < -0.4 is 4.74 Å². The molecule has 1 aromatic heterocycles. The van der Waals surface area contributed by atoms with Crippen molar-refractivity contribution in [1.82, 2.24) is 10.2 Å². The molecule has 4 nitrogen and oxygen atoms in total. The van der Waals surface area contributed by atoms with Crippen LogP contribution in [0.1, 0.15) is 23.3 Å². The molecule has 2 aromatic carbocycles. The Labute approximate surface area is 138 Å². The van der Waals surface area contributed by atoms with Gasteiger partial charge in [0, 0.05) is 17.2 Å². The third-order valence-electron chi connectivity index (χ3n) is 3.89. The van der Waals surface area contributed by atoms with E-state index in [1.54, 1.807) is 11.8 Å². The molecule has 0 N–H and O–H groups in total. The van der Waals surface area contributed by atoms with Gasteiger partial charge in [-0.05, 0) is 36.2 Å². The highest BCUT2D eigenvalue weighted by atomic mass is 32.2. The first-order chi connectivity index (χ1) is 11.3. The zero-order valence-electron chi connectivity index (χ0n) is 12.7. The molecule has 1 aliphatic heterocycles. The van der Waals surface area contributed by atoms with Crippen molar-refractivity contribution in [2.24, 2.45) is 0 Å². The minimum absolute atomic E-state index is 0.262. The Balaban J connectivity index is 1.53. The van der Waals surface area contributed by atoms with Gasteiger partial charge in [0.15, 0.2) is 0 Å². The van der Waals surface area contributed by atoms with Crippen molar-refractivity contribution in [2.75, 3.05) is 6.61 Å². The van der Waals surface area contributed by atoms with E-state index in [2.05, 4.69) is 35.3 Å². The van der Waals surface area contributed by atoms with Crippen molar-refractivity contribution in [2.45, 2.75) is 23.8 Å². The fraction of sp³-hybridized carbons (Fsp3) is 0.222. The molecule has 2 heterocycles. The van der Waals surface area contributed by atoms with Crippen LogP contribution in [0.25, 0.3) is 11.5 Å². The smallest absolute Gasteiger partial charge is 0.277 e. The summed E-state index contributed by atoms with van der Waals surface area (Å²) in [4.78, 5) is 0. The number of thioether (sulfide) groups is 1. The van der Waals surface area contributed by atoms with Gasteiger partial charge >= 0.3 is 0 Å². The Hall–Kier alpha value is -2.27. The van der Waals surface area contributed by atoms with Crippen molar-refractivity contribution in [3.63, 3.8) is 0 Å². The Bertz CT molecular complexity index is 817. The Morgan fingerprint density at radius 3 is 2.83 bits per heavy atom. The molecule has 5 heteroatoms. The van der Waals surface area contributed by atoms with Crippen LogP contribution in [0.3, 0.4) is 0 Å². The molecule has 1 unspecified atom stereocenters. The maximum absolute atomic E-state index is 5.82. The van der Waals surface area contributed by atoms with E-state index in [1.807, 2.05) is 30.3 Å². The van der Waals surface area contributed by atoms with Gasteiger partial charge in [0.1, 0.15) is 5.75 Å². The first-order valence-corrected chi connectivity index (χ1v) is 8.49. The molecular weight excluding hydrogens is 308 g/mol. The van der Waals surface area contributed by atoms with E-state index in [0.717, 1.165) is 24.3 Å². The summed E-state index contributed by atoms with van der Waals surface area (Å²) in [6, 6.07) is 16.3. The van der Waals surface area contributed by atoms with Crippen molar-refractivity contribution >= 4 is 11.8 Å². The number of benzene rings is 2. The molecule has 0 spiro atoms. The predicted molar refractivity (Wildman–Crippen MR) is 89.6 cm³/mol.